The Bertz CT molecular complexity index is 671. The van der Waals surface area contributed by atoms with Crippen molar-refractivity contribution >= 4 is 29.0 Å². The van der Waals surface area contributed by atoms with E-state index in [1.54, 1.807) is 23.9 Å². The lowest BCUT2D eigenvalue weighted by atomic mass is 10.1. The number of non-ortho nitro benzene ring substituents is 1. The highest BCUT2D eigenvalue weighted by molar-refractivity contribution is 7.99. The van der Waals surface area contributed by atoms with Crippen molar-refractivity contribution in [2.75, 3.05) is 11.1 Å². The van der Waals surface area contributed by atoms with Crippen molar-refractivity contribution in [3.63, 3.8) is 0 Å². The molecular weight excluding hydrogens is 300 g/mol. The highest BCUT2D eigenvalue weighted by atomic mass is 32.2. The van der Waals surface area contributed by atoms with Crippen LogP contribution in [0.15, 0.2) is 53.4 Å². The van der Waals surface area contributed by atoms with Gasteiger partial charge in [0.25, 0.3) is 5.69 Å². The lowest BCUT2D eigenvalue weighted by Gasteiger charge is -2.06. The number of nitro groups is 1. The van der Waals surface area contributed by atoms with E-state index in [1.807, 2.05) is 24.3 Å². The second-order valence-corrected chi connectivity index (χ2v) is 5.95. The molecule has 2 aromatic carbocycles. The Labute approximate surface area is 132 Å². The molecular formula is C16H16N2O3S. The van der Waals surface area contributed by atoms with Crippen LogP contribution in [-0.4, -0.2) is 16.6 Å². The maximum atomic E-state index is 12.0. The Morgan fingerprint density at radius 3 is 2.59 bits per heavy atom. The van der Waals surface area contributed by atoms with Gasteiger partial charge in [0.15, 0.2) is 0 Å². The molecule has 0 aliphatic rings. The smallest absolute Gasteiger partial charge is 0.271 e. The summed E-state index contributed by atoms with van der Waals surface area (Å²) in [5.74, 6) is 0.809. The lowest BCUT2D eigenvalue weighted by Crippen LogP contribution is -2.14. The third-order valence-electron chi connectivity index (χ3n) is 2.94. The van der Waals surface area contributed by atoms with Crippen LogP contribution in [0.3, 0.4) is 0 Å². The second-order valence-electron chi connectivity index (χ2n) is 4.61. The van der Waals surface area contributed by atoms with Gasteiger partial charge < -0.3 is 5.32 Å². The molecule has 1 N–H and O–H groups in total. The first-order chi connectivity index (χ1) is 10.6. The number of thioether (sulfide) groups is 1. The molecule has 0 aliphatic carbocycles. The second kappa shape index (κ2) is 7.61. The lowest BCUT2D eigenvalue weighted by molar-refractivity contribution is -0.384. The van der Waals surface area contributed by atoms with Gasteiger partial charge in [0.2, 0.25) is 5.91 Å². The molecule has 0 aromatic heterocycles. The van der Waals surface area contributed by atoms with E-state index in [2.05, 4.69) is 12.2 Å². The van der Waals surface area contributed by atoms with E-state index in [0.717, 1.165) is 11.3 Å². The zero-order valence-corrected chi connectivity index (χ0v) is 12.9. The van der Waals surface area contributed by atoms with Crippen LogP contribution in [-0.2, 0) is 11.2 Å². The van der Waals surface area contributed by atoms with Crippen LogP contribution in [0.4, 0.5) is 11.4 Å². The first kappa shape index (κ1) is 16.0. The van der Waals surface area contributed by atoms with Crippen LogP contribution < -0.4 is 5.32 Å². The maximum absolute atomic E-state index is 12.0. The summed E-state index contributed by atoms with van der Waals surface area (Å²) in [5, 5.41) is 13.4. The summed E-state index contributed by atoms with van der Waals surface area (Å²) < 4.78 is 0. The Morgan fingerprint density at radius 1 is 1.23 bits per heavy atom. The third kappa shape index (κ3) is 4.60. The van der Waals surface area contributed by atoms with Crippen LogP contribution in [0.2, 0.25) is 0 Å². The minimum absolute atomic E-state index is 0.0428. The molecule has 0 unspecified atom stereocenters. The van der Waals surface area contributed by atoms with Crippen molar-refractivity contribution in [3.05, 3.63) is 64.2 Å². The first-order valence-electron chi connectivity index (χ1n) is 6.84. The molecule has 0 saturated heterocycles. The third-order valence-corrected chi connectivity index (χ3v) is 3.83. The van der Waals surface area contributed by atoms with Crippen molar-refractivity contribution < 1.29 is 9.72 Å². The molecule has 0 saturated carbocycles. The van der Waals surface area contributed by atoms with Gasteiger partial charge in [-0.3, -0.25) is 14.9 Å². The quantitative estimate of drug-likeness (QED) is 0.498. The number of nitrogens with zero attached hydrogens (tertiary/aromatic N) is 1. The number of amides is 1. The number of nitro benzene ring substituents is 1. The van der Waals surface area contributed by atoms with E-state index < -0.39 is 4.92 Å². The predicted octanol–water partition coefficient (Wildman–Crippen LogP) is 3.89. The molecule has 0 heterocycles. The first-order valence-corrected chi connectivity index (χ1v) is 7.83. The van der Waals surface area contributed by atoms with E-state index in [-0.39, 0.29) is 18.0 Å². The highest BCUT2D eigenvalue weighted by Crippen LogP contribution is 2.19. The fourth-order valence-electron chi connectivity index (χ4n) is 1.96. The number of hydrogen-bond acceptors (Lipinski definition) is 4. The molecule has 114 valence electrons. The van der Waals surface area contributed by atoms with Gasteiger partial charge in [-0.25, -0.2) is 0 Å². The Morgan fingerprint density at radius 2 is 1.95 bits per heavy atom. The van der Waals surface area contributed by atoms with Crippen molar-refractivity contribution in [1.82, 2.24) is 0 Å². The molecule has 5 nitrogen and oxygen atoms in total. The van der Waals surface area contributed by atoms with Crippen LogP contribution in [0, 0.1) is 10.1 Å². The van der Waals surface area contributed by atoms with Crippen LogP contribution >= 0.6 is 11.8 Å². The Kier molecular flexibility index (Phi) is 5.55. The van der Waals surface area contributed by atoms with Gasteiger partial charge in [0.05, 0.1) is 11.3 Å². The summed E-state index contributed by atoms with van der Waals surface area (Å²) in [5.41, 5.74) is 1.29. The Balaban J connectivity index is 1.97. The van der Waals surface area contributed by atoms with Crippen molar-refractivity contribution in [2.24, 2.45) is 0 Å². The largest absolute Gasteiger partial charge is 0.326 e. The van der Waals surface area contributed by atoms with Crippen LogP contribution in [0.5, 0.6) is 0 Å². The minimum Gasteiger partial charge on any atom is -0.326 e. The number of benzene rings is 2. The van der Waals surface area contributed by atoms with Gasteiger partial charge in [-0.05, 0) is 29.5 Å². The topological polar surface area (TPSA) is 72.2 Å². The van der Waals surface area contributed by atoms with E-state index in [9.17, 15) is 14.9 Å². The molecule has 0 spiro atoms. The molecule has 0 fully saturated rings. The van der Waals surface area contributed by atoms with Gasteiger partial charge in [0.1, 0.15) is 0 Å². The molecule has 0 bridgehead atoms. The molecule has 0 aliphatic heterocycles. The highest BCUT2D eigenvalue weighted by Gasteiger charge is 2.08. The normalized spacial score (nSPS) is 10.2. The van der Waals surface area contributed by atoms with Crippen LogP contribution in [0.1, 0.15) is 12.5 Å². The van der Waals surface area contributed by atoms with E-state index >= 15 is 0 Å². The maximum Gasteiger partial charge on any atom is 0.271 e. The van der Waals surface area contributed by atoms with E-state index in [4.69, 9.17) is 0 Å². The molecule has 22 heavy (non-hydrogen) atoms. The number of nitrogens with one attached hydrogen (secondary N) is 1. The fourth-order valence-corrected chi connectivity index (χ4v) is 2.62. The number of carbonyl (C=O) groups excluding carboxylic acids is 1. The van der Waals surface area contributed by atoms with Crippen molar-refractivity contribution in [1.29, 1.82) is 0 Å². The minimum atomic E-state index is -0.486. The van der Waals surface area contributed by atoms with Gasteiger partial charge in [-0.1, -0.05) is 25.1 Å². The van der Waals surface area contributed by atoms with Gasteiger partial charge in [-0.15, -0.1) is 11.8 Å². The number of hydrogen-bond donors (Lipinski definition) is 1. The standard InChI is InChI=1S/C16H16N2O3S/c1-2-22-15-8-6-12(7-9-15)10-16(19)17-13-4-3-5-14(11-13)18(20)21/h3-9,11H,2,10H2,1H3,(H,17,19). The van der Waals surface area contributed by atoms with E-state index in [1.165, 1.54) is 17.0 Å². The summed E-state index contributed by atoms with van der Waals surface area (Å²) in [4.78, 5) is 23.4. The zero-order valence-electron chi connectivity index (χ0n) is 12.1. The van der Waals surface area contributed by atoms with E-state index in [0.29, 0.717) is 5.69 Å². The van der Waals surface area contributed by atoms with Crippen molar-refractivity contribution in [2.45, 2.75) is 18.2 Å². The summed E-state index contributed by atoms with van der Waals surface area (Å²) >= 11 is 1.75. The van der Waals surface area contributed by atoms with Gasteiger partial charge in [0, 0.05) is 22.7 Å². The summed E-state index contributed by atoms with van der Waals surface area (Å²) in [6.07, 6.45) is 0.236. The zero-order chi connectivity index (χ0) is 15.9. The summed E-state index contributed by atoms with van der Waals surface area (Å²) in [6, 6.07) is 13.7. The SMILES string of the molecule is CCSc1ccc(CC(=O)Nc2cccc([N+](=O)[O-])c2)cc1. The predicted molar refractivity (Wildman–Crippen MR) is 88.3 cm³/mol. The number of rotatable bonds is 6. The fraction of sp³-hybridized carbons (Fsp3) is 0.188. The number of carbonyl (C=O) groups is 1. The molecule has 2 rings (SSSR count). The monoisotopic (exact) mass is 316 g/mol. The average Bonchev–Trinajstić information content (AvgIpc) is 2.49. The molecule has 0 radical (unpaired) electrons. The van der Waals surface area contributed by atoms with Crippen LogP contribution in [0.25, 0.3) is 0 Å². The molecule has 1 amide bonds. The average molecular weight is 316 g/mol. The van der Waals surface area contributed by atoms with Crippen molar-refractivity contribution in [3.8, 4) is 0 Å². The van der Waals surface area contributed by atoms with Gasteiger partial charge in [-0.2, -0.15) is 0 Å². The van der Waals surface area contributed by atoms with Gasteiger partial charge >= 0.3 is 0 Å². The molecule has 2 aromatic rings. The number of anilines is 1. The summed E-state index contributed by atoms with van der Waals surface area (Å²) in [6.45, 7) is 2.09. The summed E-state index contributed by atoms with van der Waals surface area (Å²) in [7, 11) is 0. The Hall–Kier alpha value is -2.34. The molecule has 6 heteroatoms. The molecule has 0 atom stereocenters.